The predicted molar refractivity (Wildman–Crippen MR) is 92.4 cm³/mol. The van der Waals surface area contributed by atoms with Crippen molar-refractivity contribution in [2.75, 3.05) is 6.54 Å². The Labute approximate surface area is 141 Å². The lowest BCUT2D eigenvalue weighted by Gasteiger charge is -2.35. The summed E-state index contributed by atoms with van der Waals surface area (Å²) in [6.45, 7) is 3.04. The minimum Gasteiger partial charge on any atom is -0.333 e. The summed E-state index contributed by atoms with van der Waals surface area (Å²) < 4.78 is 0. The Morgan fingerprint density at radius 1 is 1.30 bits per heavy atom. The molecule has 4 rings (SSSR count). The first-order valence-electron chi connectivity index (χ1n) is 8.51. The van der Waals surface area contributed by atoms with Gasteiger partial charge in [-0.1, -0.05) is 24.3 Å². The van der Waals surface area contributed by atoms with Crippen LogP contribution in [-0.2, 0) is 4.79 Å². The fraction of sp³-hybridized carbons (Fsp3) is 0.474. The zero-order chi connectivity index (χ0) is 15.8. The first-order valence-corrected chi connectivity index (χ1v) is 9.39. The van der Waals surface area contributed by atoms with Crippen LogP contribution in [0.2, 0.25) is 0 Å². The van der Waals surface area contributed by atoms with Crippen LogP contribution >= 0.6 is 11.3 Å². The van der Waals surface area contributed by atoms with E-state index in [-0.39, 0.29) is 12.0 Å². The average Bonchev–Trinajstić information content (AvgIpc) is 3.18. The molecular weight excluding hydrogens is 304 g/mol. The van der Waals surface area contributed by atoms with Gasteiger partial charge < -0.3 is 4.90 Å². The number of hydrogen-bond donors (Lipinski definition) is 0. The molecule has 23 heavy (non-hydrogen) atoms. The molecule has 0 unspecified atom stereocenters. The van der Waals surface area contributed by atoms with Crippen molar-refractivity contribution < 1.29 is 4.79 Å². The van der Waals surface area contributed by atoms with Gasteiger partial charge in [0.2, 0.25) is 5.91 Å². The normalized spacial score (nSPS) is 27.0. The van der Waals surface area contributed by atoms with Crippen molar-refractivity contribution in [3.8, 4) is 0 Å². The van der Waals surface area contributed by atoms with E-state index in [1.165, 1.54) is 17.5 Å². The lowest BCUT2D eigenvalue weighted by atomic mass is 10.00. The van der Waals surface area contributed by atoms with Crippen LogP contribution in [-0.4, -0.2) is 22.3 Å². The number of rotatable bonds is 3. The van der Waals surface area contributed by atoms with Gasteiger partial charge in [0.05, 0.1) is 6.04 Å². The van der Waals surface area contributed by atoms with Crippen LogP contribution in [0.5, 0.6) is 0 Å². The molecule has 1 saturated carbocycles. The number of amides is 1. The minimum absolute atomic E-state index is 0.177. The third-order valence-electron chi connectivity index (χ3n) is 5.22. The molecule has 2 aliphatic rings. The molecule has 3 nitrogen and oxygen atoms in total. The molecule has 1 amide bonds. The maximum atomic E-state index is 13.1. The van der Waals surface area contributed by atoms with Gasteiger partial charge in [0, 0.05) is 24.0 Å². The highest BCUT2D eigenvalue weighted by Crippen LogP contribution is 2.50. The highest BCUT2D eigenvalue weighted by molar-refractivity contribution is 7.09. The number of nitrogens with zero attached hydrogens (tertiary/aromatic N) is 2. The molecule has 0 radical (unpaired) electrons. The molecular formula is C19H22N2OS. The number of hydrogen-bond acceptors (Lipinski definition) is 3. The molecule has 2 fully saturated rings. The molecule has 4 heteroatoms. The van der Waals surface area contributed by atoms with Gasteiger partial charge in [-0.2, -0.15) is 0 Å². The van der Waals surface area contributed by atoms with Crippen molar-refractivity contribution in [2.24, 2.45) is 5.92 Å². The number of likely N-dealkylation sites (tertiary alicyclic amines) is 1. The van der Waals surface area contributed by atoms with Crippen LogP contribution in [0, 0.1) is 12.8 Å². The van der Waals surface area contributed by atoms with E-state index < -0.39 is 0 Å². The largest absolute Gasteiger partial charge is 0.333 e. The molecule has 0 bridgehead atoms. The maximum absolute atomic E-state index is 13.1. The molecule has 0 spiro atoms. The Bertz CT molecular complexity index is 697. The fourth-order valence-electron chi connectivity index (χ4n) is 3.88. The Hall–Kier alpha value is -1.68. The zero-order valence-electron chi connectivity index (χ0n) is 13.4. The van der Waals surface area contributed by atoms with Crippen LogP contribution < -0.4 is 0 Å². The van der Waals surface area contributed by atoms with Gasteiger partial charge in [0.1, 0.15) is 5.01 Å². The average molecular weight is 326 g/mol. The van der Waals surface area contributed by atoms with E-state index in [9.17, 15) is 4.79 Å². The summed E-state index contributed by atoms with van der Waals surface area (Å²) in [5.74, 6) is 0.942. The number of carbonyl (C=O) groups is 1. The Morgan fingerprint density at radius 3 is 2.96 bits per heavy atom. The Morgan fingerprint density at radius 2 is 2.17 bits per heavy atom. The van der Waals surface area contributed by atoms with Gasteiger partial charge in [-0.3, -0.25) is 4.79 Å². The number of aromatic nitrogens is 1. The van der Waals surface area contributed by atoms with Gasteiger partial charge in [0.25, 0.3) is 0 Å². The van der Waals surface area contributed by atoms with Crippen molar-refractivity contribution >= 4 is 17.2 Å². The van der Waals surface area contributed by atoms with E-state index in [0.29, 0.717) is 11.8 Å². The van der Waals surface area contributed by atoms with Crippen LogP contribution in [0.1, 0.15) is 53.8 Å². The molecule has 2 heterocycles. The molecule has 0 N–H and O–H groups in total. The third kappa shape index (κ3) is 2.80. The summed E-state index contributed by atoms with van der Waals surface area (Å²) in [4.78, 5) is 19.6. The molecule has 1 saturated heterocycles. The summed E-state index contributed by atoms with van der Waals surface area (Å²) in [5, 5.41) is 3.12. The van der Waals surface area contributed by atoms with Crippen molar-refractivity contribution in [3.63, 3.8) is 0 Å². The van der Waals surface area contributed by atoms with Crippen molar-refractivity contribution in [1.82, 2.24) is 9.88 Å². The van der Waals surface area contributed by atoms with E-state index in [2.05, 4.69) is 41.1 Å². The lowest BCUT2D eigenvalue weighted by Crippen LogP contribution is -2.39. The predicted octanol–water partition coefficient (Wildman–Crippen LogP) is 4.31. The first-order chi connectivity index (χ1) is 11.3. The standard InChI is InChI=1S/C19H22N2OS/c1-13-6-2-3-7-14(13)15-12-16(15)19(22)21-10-5-4-8-17(21)18-20-9-11-23-18/h2-3,6-7,9,11,15-17H,4-5,8,10,12H2,1H3/t15-,16+,17+/m0/s1. The second kappa shape index (κ2) is 6.08. The molecule has 1 aliphatic carbocycles. The van der Waals surface area contributed by atoms with E-state index in [1.807, 2.05) is 11.6 Å². The molecule has 3 atom stereocenters. The zero-order valence-corrected chi connectivity index (χ0v) is 14.3. The number of carbonyl (C=O) groups excluding carboxylic acids is 1. The second-order valence-electron chi connectivity index (χ2n) is 6.72. The van der Waals surface area contributed by atoms with Crippen molar-refractivity contribution in [2.45, 2.75) is 44.6 Å². The van der Waals surface area contributed by atoms with Crippen LogP contribution in [0.3, 0.4) is 0 Å². The Kier molecular flexibility index (Phi) is 3.93. The van der Waals surface area contributed by atoms with E-state index in [0.717, 1.165) is 30.8 Å². The van der Waals surface area contributed by atoms with Gasteiger partial charge >= 0.3 is 0 Å². The quantitative estimate of drug-likeness (QED) is 0.842. The summed E-state index contributed by atoms with van der Waals surface area (Å²) in [6, 6.07) is 8.69. The van der Waals surface area contributed by atoms with Gasteiger partial charge in [0.15, 0.2) is 0 Å². The Balaban J connectivity index is 1.51. The number of benzene rings is 1. The highest BCUT2D eigenvalue weighted by atomic mass is 32.1. The maximum Gasteiger partial charge on any atom is 0.226 e. The van der Waals surface area contributed by atoms with Crippen LogP contribution in [0.15, 0.2) is 35.8 Å². The summed E-state index contributed by atoms with van der Waals surface area (Å²) >= 11 is 1.68. The molecule has 1 aromatic heterocycles. The minimum atomic E-state index is 0.177. The highest BCUT2D eigenvalue weighted by Gasteiger charge is 2.47. The van der Waals surface area contributed by atoms with Crippen molar-refractivity contribution in [1.29, 1.82) is 0 Å². The van der Waals surface area contributed by atoms with E-state index in [4.69, 9.17) is 0 Å². The number of thiazole rings is 1. The second-order valence-corrected chi connectivity index (χ2v) is 7.64. The number of aryl methyl sites for hydroxylation is 1. The van der Waals surface area contributed by atoms with E-state index >= 15 is 0 Å². The van der Waals surface area contributed by atoms with E-state index in [1.54, 1.807) is 11.3 Å². The lowest BCUT2D eigenvalue weighted by molar-refractivity contribution is -0.136. The monoisotopic (exact) mass is 326 g/mol. The van der Waals surface area contributed by atoms with Gasteiger partial charge in [-0.25, -0.2) is 4.98 Å². The topological polar surface area (TPSA) is 33.2 Å². The van der Waals surface area contributed by atoms with Crippen LogP contribution in [0.4, 0.5) is 0 Å². The first kappa shape index (κ1) is 14.9. The number of piperidine rings is 1. The molecule has 2 aromatic rings. The van der Waals surface area contributed by atoms with Crippen LogP contribution in [0.25, 0.3) is 0 Å². The molecule has 1 aromatic carbocycles. The molecule has 120 valence electrons. The van der Waals surface area contributed by atoms with Crippen molar-refractivity contribution in [3.05, 3.63) is 52.0 Å². The van der Waals surface area contributed by atoms with Gasteiger partial charge in [-0.05, 0) is 49.7 Å². The molecule has 1 aliphatic heterocycles. The van der Waals surface area contributed by atoms with Gasteiger partial charge in [-0.15, -0.1) is 11.3 Å². The SMILES string of the molecule is Cc1ccccc1[C@@H]1C[C@H]1C(=O)N1CCCC[C@@H]1c1nccs1. The summed E-state index contributed by atoms with van der Waals surface area (Å²) in [6.07, 6.45) is 6.23. The summed E-state index contributed by atoms with van der Waals surface area (Å²) in [5.41, 5.74) is 2.66. The fourth-order valence-corrected chi connectivity index (χ4v) is 4.66. The smallest absolute Gasteiger partial charge is 0.226 e. The third-order valence-corrected chi connectivity index (χ3v) is 6.09. The summed E-state index contributed by atoms with van der Waals surface area (Å²) in [7, 11) is 0.